The molecule has 0 spiro atoms. The summed E-state index contributed by atoms with van der Waals surface area (Å²) < 4.78 is 0. The van der Waals surface area contributed by atoms with Gasteiger partial charge in [-0.25, -0.2) is 0 Å². The van der Waals surface area contributed by atoms with Crippen molar-refractivity contribution in [1.29, 1.82) is 0 Å². The van der Waals surface area contributed by atoms with Crippen molar-refractivity contribution in [1.82, 2.24) is 5.32 Å². The van der Waals surface area contributed by atoms with Crippen LogP contribution in [0.5, 0.6) is 0 Å². The number of nitrogens with zero attached hydrogens (tertiary/aromatic N) is 1. The lowest BCUT2D eigenvalue weighted by Crippen LogP contribution is -2.28. The highest BCUT2D eigenvalue weighted by Crippen LogP contribution is 2.26. The number of hydrogen-bond acceptors (Lipinski definition) is 2. The number of nitrogens with one attached hydrogen (secondary N) is 1. The lowest BCUT2D eigenvalue weighted by Gasteiger charge is -2.24. The van der Waals surface area contributed by atoms with Crippen LogP contribution in [0.25, 0.3) is 0 Å². The molecule has 2 aromatic rings. The van der Waals surface area contributed by atoms with Gasteiger partial charge in [-0.15, -0.1) is 0 Å². The Labute approximate surface area is 129 Å². The lowest BCUT2D eigenvalue weighted by molar-refractivity contribution is 0.688. The summed E-state index contributed by atoms with van der Waals surface area (Å²) in [6, 6.07) is 14.2. The van der Waals surface area contributed by atoms with Crippen LogP contribution in [0.4, 0.5) is 5.69 Å². The molecule has 20 heavy (non-hydrogen) atoms. The van der Waals surface area contributed by atoms with Gasteiger partial charge in [0.05, 0.1) is 0 Å². The first-order chi connectivity index (χ1) is 9.72. The predicted octanol–water partition coefficient (Wildman–Crippen LogP) is 4.10. The van der Waals surface area contributed by atoms with Gasteiger partial charge in [-0.1, -0.05) is 41.4 Å². The Morgan fingerprint density at radius 1 is 1.05 bits per heavy atom. The third-order valence-corrected chi connectivity index (χ3v) is 3.94. The Hall–Kier alpha value is -1.22. The van der Waals surface area contributed by atoms with Crippen molar-refractivity contribution in [2.24, 2.45) is 0 Å². The minimum atomic E-state index is 0.689. The number of halogens is 2. The van der Waals surface area contributed by atoms with Crippen molar-refractivity contribution >= 4 is 28.9 Å². The largest absolute Gasteiger partial charge is 0.366 e. The van der Waals surface area contributed by atoms with Gasteiger partial charge in [-0.2, -0.15) is 0 Å². The van der Waals surface area contributed by atoms with Crippen LogP contribution in [-0.4, -0.2) is 13.1 Å². The van der Waals surface area contributed by atoms with Crippen LogP contribution in [0.1, 0.15) is 11.1 Å². The van der Waals surface area contributed by atoms with E-state index in [1.807, 2.05) is 12.1 Å². The number of benzene rings is 2. The third kappa shape index (κ3) is 3.09. The van der Waals surface area contributed by atoms with Crippen molar-refractivity contribution in [2.45, 2.75) is 13.1 Å². The number of fused-ring (bicyclic) bond motifs is 1. The number of hydrogen-bond donors (Lipinski definition) is 1. The van der Waals surface area contributed by atoms with Gasteiger partial charge >= 0.3 is 0 Å². The van der Waals surface area contributed by atoms with Crippen LogP contribution in [-0.2, 0) is 13.1 Å². The molecule has 0 unspecified atom stereocenters. The summed E-state index contributed by atoms with van der Waals surface area (Å²) in [5.41, 5.74) is 3.76. The molecule has 2 nitrogen and oxygen atoms in total. The van der Waals surface area contributed by atoms with Crippen LogP contribution < -0.4 is 10.2 Å². The Morgan fingerprint density at radius 2 is 1.80 bits per heavy atom. The van der Waals surface area contributed by atoms with E-state index in [0.29, 0.717) is 10.0 Å². The molecule has 1 aliphatic heterocycles. The molecule has 3 rings (SSSR count). The number of rotatable bonds is 2. The zero-order valence-electron chi connectivity index (χ0n) is 11.1. The van der Waals surface area contributed by atoms with Crippen molar-refractivity contribution < 1.29 is 0 Å². The fourth-order valence-electron chi connectivity index (χ4n) is 2.61. The monoisotopic (exact) mass is 306 g/mol. The van der Waals surface area contributed by atoms with E-state index in [1.54, 1.807) is 6.07 Å². The zero-order valence-corrected chi connectivity index (χ0v) is 12.6. The van der Waals surface area contributed by atoms with Gasteiger partial charge in [-0.05, 0) is 35.4 Å². The minimum absolute atomic E-state index is 0.689. The Kier molecular flexibility index (Phi) is 4.16. The van der Waals surface area contributed by atoms with E-state index in [0.717, 1.165) is 31.7 Å². The van der Waals surface area contributed by atoms with Gasteiger partial charge < -0.3 is 10.2 Å². The van der Waals surface area contributed by atoms with Crippen LogP contribution in [0.3, 0.4) is 0 Å². The molecule has 0 aliphatic carbocycles. The molecule has 1 heterocycles. The molecule has 4 heteroatoms. The maximum absolute atomic E-state index is 6.08. The summed E-state index contributed by atoms with van der Waals surface area (Å²) in [7, 11) is 0. The van der Waals surface area contributed by atoms with E-state index < -0.39 is 0 Å². The summed E-state index contributed by atoms with van der Waals surface area (Å²) in [6.07, 6.45) is 0. The first-order valence-corrected chi connectivity index (χ1v) is 7.46. The van der Waals surface area contributed by atoms with E-state index in [2.05, 4.69) is 34.5 Å². The molecule has 1 aliphatic rings. The molecule has 2 aromatic carbocycles. The second-order valence-corrected chi connectivity index (χ2v) is 5.88. The number of para-hydroxylation sites is 1. The van der Waals surface area contributed by atoms with Crippen LogP contribution in [0, 0.1) is 0 Å². The summed E-state index contributed by atoms with van der Waals surface area (Å²) >= 11 is 12.2. The maximum Gasteiger partial charge on any atom is 0.0431 e. The first kappa shape index (κ1) is 13.7. The molecule has 1 N–H and O–H groups in total. The molecule has 0 amide bonds. The van der Waals surface area contributed by atoms with Gasteiger partial charge in [0, 0.05) is 41.9 Å². The molecule has 104 valence electrons. The molecule has 0 fully saturated rings. The van der Waals surface area contributed by atoms with Crippen molar-refractivity contribution in [3.05, 3.63) is 63.6 Å². The third-order valence-electron chi connectivity index (χ3n) is 3.50. The molecule has 0 saturated carbocycles. The van der Waals surface area contributed by atoms with Crippen LogP contribution >= 0.6 is 23.2 Å². The summed E-state index contributed by atoms with van der Waals surface area (Å²) in [5, 5.41) is 4.83. The van der Waals surface area contributed by atoms with E-state index in [-0.39, 0.29) is 0 Å². The predicted molar refractivity (Wildman–Crippen MR) is 85.7 cm³/mol. The first-order valence-electron chi connectivity index (χ1n) is 6.71. The van der Waals surface area contributed by atoms with Gasteiger partial charge in [-0.3, -0.25) is 0 Å². The quantitative estimate of drug-likeness (QED) is 0.898. The van der Waals surface area contributed by atoms with E-state index in [4.69, 9.17) is 23.2 Å². The standard InChI is InChI=1S/C16H16Cl2N2/c17-14-7-12(8-15(18)9-14)11-20-6-5-19-10-13-3-1-2-4-16(13)20/h1-4,7-9,19H,5-6,10-11H2. The topological polar surface area (TPSA) is 15.3 Å². The Balaban J connectivity index is 1.90. The summed E-state index contributed by atoms with van der Waals surface area (Å²) in [4.78, 5) is 2.37. The molecule has 0 atom stereocenters. The minimum Gasteiger partial charge on any atom is -0.366 e. The van der Waals surface area contributed by atoms with Gasteiger partial charge in [0.2, 0.25) is 0 Å². The fourth-order valence-corrected chi connectivity index (χ4v) is 3.18. The highest BCUT2D eigenvalue weighted by molar-refractivity contribution is 6.34. The summed E-state index contributed by atoms with van der Waals surface area (Å²) in [6.45, 7) is 3.69. The van der Waals surface area contributed by atoms with Gasteiger partial charge in [0.1, 0.15) is 0 Å². The SMILES string of the molecule is Clc1cc(Cl)cc(CN2CCNCc3ccccc32)c1. The molecular weight excluding hydrogens is 291 g/mol. The molecule has 0 saturated heterocycles. The second-order valence-electron chi connectivity index (χ2n) is 5.00. The highest BCUT2D eigenvalue weighted by atomic mass is 35.5. The Bertz CT molecular complexity index is 593. The van der Waals surface area contributed by atoms with E-state index in [1.165, 1.54) is 11.3 Å². The summed E-state index contributed by atoms with van der Waals surface area (Å²) in [5.74, 6) is 0. The average Bonchev–Trinajstić information content (AvgIpc) is 2.61. The van der Waals surface area contributed by atoms with Gasteiger partial charge in [0.15, 0.2) is 0 Å². The normalized spacial score (nSPS) is 14.8. The number of anilines is 1. The maximum atomic E-state index is 6.08. The van der Waals surface area contributed by atoms with Crippen molar-refractivity contribution in [3.63, 3.8) is 0 Å². The fraction of sp³-hybridized carbons (Fsp3) is 0.250. The van der Waals surface area contributed by atoms with Gasteiger partial charge in [0.25, 0.3) is 0 Å². The van der Waals surface area contributed by atoms with E-state index >= 15 is 0 Å². The highest BCUT2D eigenvalue weighted by Gasteiger charge is 2.14. The zero-order chi connectivity index (χ0) is 13.9. The van der Waals surface area contributed by atoms with Crippen LogP contribution in [0.15, 0.2) is 42.5 Å². The smallest absolute Gasteiger partial charge is 0.0431 e. The van der Waals surface area contributed by atoms with E-state index in [9.17, 15) is 0 Å². The molecule has 0 aromatic heterocycles. The average molecular weight is 307 g/mol. The van der Waals surface area contributed by atoms with Crippen LogP contribution in [0.2, 0.25) is 10.0 Å². The second kappa shape index (κ2) is 6.04. The Morgan fingerprint density at radius 3 is 2.60 bits per heavy atom. The lowest BCUT2D eigenvalue weighted by atomic mass is 10.1. The molecule has 0 radical (unpaired) electrons. The van der Waals surface area contributed by atoms with Crippen molar-refractivity contribution in [2.75, 3.05) is 18.0 Å². The molecule has 0 bridgehead atoms. The molecular formula is C16H16Cl2N2. The van der Waals surface area contributed by atoms with Crippen molar-refractivity contribution in [3.8, 4) is 0 Å².